The van der Waals surface area contributed by atoms with Gasteiger partial charge in [-0.2, -0.15) is 0 Å². The van der Waals surface area contributed by atoms with Crippen molar-refractivity contribution in [2.45, 2.75) is 0 Å². The van der Waals surface area contributed by atoms with Crippen LogP contribution in [0.3, 0.4) is 0 Å². The highest BCUT2D eigenvalue weighted by Crippen LogP contribution is 2.19. The molecule has 0 spiro atoms. The molecule has 0 radical (unpaired) electrons. The van der Waals surface area contributed by atoms with Gasteiger partial charge in [-0.05, 0) is 18.2 Å². The van der Waals surface area contributed by atoms with Crippen molar-refractivity contribution in [3.63, 3.8) is 0 Å². The second-order valence-corrected chi connectivity index (χ2v) is 4.59. The third kappa shape index (κ3) is 2.69. The molecule has 0 saturated carbocycles. The number of hydrogen-bond donors (Lipinski definition) is 1. The van der Waals surface area contributed by atoms with E-state index in [4.69, 9.17) is 4.42 Å². The first-order valence-electron chi connectivity index (χ1n) is 5.55. The maximum absolute atomic E-state index is 11.6. The van der Waals surface area contributed by atoms with Gasteiger partial charge in [-0.25, -0.2) is 0 Å². The van der Waals surface area contributed by atoms with Gasteiger partial charge in [0.1, 0.15) is 16.9 Å². The first kappa shape index (κ1) is 11.6. The molecule has 3 rings (SSSR count). The van der Waals surface area contributed by atoms with Crippen LogP contribution in [-0.2, 0) is 4.79 Å². The summed E-state index contributed by atoms with van der Waals surface area (Å²) in [5.41, 5.74) is 2.35. The normalized spacial score (nSPS) is 11.2. The third-order valence-electron chi connectivity index (χ3n) is 2.43. The van der Waals surface area contributed by atoms with Gasteiger partial charge in [0.25, 0.3) is 0 Å². The number of benzene rings is 1. The smallest absolute Gasteiger partial charge is 0.250 e. The van der Waals surface area contributed by atoms with E-state index in [1.54, 1.807) is 11.6 Å². The van der Waals surface area contributed by atoms with E-state index in [9.17, 15) is 4.79 Å². The fraction of sp³-hybridized carbons (Fsp3) is 0. The van der Waals surface area contributed by atoms with E-state index in [0.29, 0.717) is 10.9 Å². The van der Waals surface area contributed by atoms with Gasteiger partial charge in [-0.3, -0.25) is 10.1 Å². The summed E-state index contributed by atoms with van der Waals surface area (Å²) in [5, 5.41) is 11.4. The van der Waals surface area contributed by atoms with Crippen LogP contribution in [-0.4, -0.2) is 16.1 Å². The Morgan fingerprint density at radius 3 is 3.05 bits per heavy atom. The molecular weight excluding hydrogens is 262 g/mol. The molecule has 3 aromatic rings. The molecule has 19 heavy (non-hydrogen) atoms. The number of aromatic nitrogens is 2. The van der Waals surface area contributed by atoms with E-state index < -0.39 is 0 Å². The molecule has 0 fully saturated rings. The molecule has 0 saturated heterocycles. The number of carbonyl (C=O) groups excluding carboxylic acids is 1. The van der Waals surface area contributed by atoms with Crippen LogP contribution in [0.25, 0.3) is 17.0 Å². The molecule has 0 bridgehead atoms. The SMILES string of the molecule is O=C(/C=C/c1cc2ccccc2o1)Nc1nncs1. The Morgan fingerprint density at radius 1 is 1.37 bits per heavy atom. The molecule has 6 heteroatoms. The predicted octanol–water partition coefficient (Wildman–Crippen LogP) is 2.94. The fourth-order valence-electron chi connectivity index (χ4n) is 1.62. The van der Waals surface area contributed by atoms with Gasteiger partial charge >= 0.3 is 0 Å². The Bertz CT molecular complexity index is 698. The molecule has 2 heterocycles. The van der Waals surface area contributed by atoms with Crippen LogP contribution in [0.4, 0.5) is 5.13 Å². The molecule has 5 nitrogen and oxygen atoms in total. The Hall–Kier alpha value is -2.47. The summed E-state index contributed by atoms with van der Waals surface area (Å²) in [5.74, 6) is 0.366. The van der Waals surface area contributed by atoms with Crippen LogP contribution >= 0.6 is 11.3 Å². The zero-order valence-corrected chi connectivity index (χ0v) is 10.6. The van der Waals surface area contributed by atoms with Gasteiger partial charge in [0.2, 0.25) is 11.0 Å². The molecule has 1 aromatic carbocycles. The van der Waals surface area contributed by atoms with E-state index in [2.05, 4.69) is 15.5 Å². The van der Waals surface area contributed by atoms with Crippen molar-refractivity contribution >= 4 is 39.4 Å². The maximum Gasteiger partial charge on any atom is 0.250 e. The monoisotopic (exact) mass is 271 g/mol. The average Bonchev–Trinajstić information content (AvgIpc) is 3.04. The molecule has 0 aliphatic carbocycles. The van der Waals surface area contributed by atoms with Crippen LogP contribution in [0.15, 0.2) is 46.3 Å². The lowest BCUT2D eigenvalue weighted by Gasteiger charge is -1.92. The number of nitrogens with one attached hydrogen (secondary N) is 1. The van der Waals surface area contributed by atoms with Gasteiger partial charge in [-0.15, -0.1) is 10.2 Å². The van der Waals surface area contributed by atoms with Crippen LogP contribution in [0, 0.1) is 0 Å². The Balaban J connectivity index is 1.73. The van der Waals surface area contributed by atoms with Crippen molar-refractivity contribution in [3.05, 3.63) is 47.7 Å². The first-order chi connectivity index (χ1) is 9.31. The lowest BCUT2D eigenvalue weighted by Crippen LogP contribution is -2.07. The van der Waals surface area contributed by atoms with Gasteiger partial charge in [0, 0.05) is 11.5 Å². The lowest BCUT2D eigenvalue weighted by molar-refractivity contribution is -0.111. The highest BCUT2D eigenvalue weighted by atomic mass is 32.1. The van der Waals surface area contributed by atoms with Crippen LogP contribution in [0.5, 0.6) is 0 Å². The number of fused-ring (bicyclic) bond motifs is 1. The number of rotatable bonds is 3. The third-order valence-corrected chi connectivity index (χ3v) is 3.04. The standard InChI is InChI=1S/C13H9N3O2S/c17-12(15-13-16-14-8-19-13)6-5-10-7-9-3-1-2-4-11(9)18-10/h1-8H,(H,15,16,17)/b6-5+. The molecule has 0 aliphatic rings. The Kier molecular flexibility index (Phi) is 3.07. The zero-order valence-electron chi connectivity index (χ0n) is 9.74. The Morgan fingerprint density at radius 2 is 2.26 bits per heavy atom. The summed E-state index contributed by atoms with van der Waals surface area (Å²) in [6.07, 6.45) is 3.02. The summed E-state index contributed by atoms with van der Waals surface area (Å²) in [7, 11) is 0. The largest absolute Gasteiger partial charge is 0.457 e. The highest BCUT2D eigenvalue weighted by Gasteiger charge is 2.02. The quantitative estimate of drug-likeness (QED) is 0.744. The van der Waals surface area contributed by atoms with Crippen LogP contribution in [0.2, 0.25) is 0 Å². The number of anilines is 1. The van der Waals surface area contributed by atoms with E-state index >= 15 is 0 Å². The molecular formula is C13H9N3O2S. The summed E-state index contributed by atoms with van der Waals surface area (Å²) in [4.78, 5) is 11.6. The van der Waals surface area contributed by atoms with Crippen LogP contribution in [0.1, 0.15) is 5.76 Å². The number of furan rings is 1. The van der Waals surface area contributed by atoms with E-state index in [0.717, 1.165) is 11.0 Å². The number of para-hydroxylation sites is 1. The number of amides is 1. The molecule has 0 unspecified atom stereocenters. The predicted molar refractivity (Wildman–Crippen MR) is 73.8 cm³/mol. The minimum absolute atomic E-state index is 0.266. The van der Waals surface area contributed by atoms with E-state index in [-0.39, 0.29) is 5.91 Å². The number of carbonyl (C=O) groups is 1. The molecule has 0 atom stereocenters. The van der Waals surface area contributed by atoms with Crippen molar-refractivity contribution < 1.29 is 9.21 Å². The average molecular weight is 271 g/mol. The van der Waals surface area contributed by atoms with Crippen molar-refractivity contribution in [2.75, 3.05) is 5.32 Å². The summed E-state index contributed by atoms with van der Waals surface area (Å²) >= 11 is 1.27. The van der Waals surface area contributed by atoms with E-state index in [1.165, 1.54) is 17.4 Å². The zero-order chi connectivity index (χ0) is 13.1. The molecule has 2 aromatic heterocycles. The van der Waals surface area contributed by atoms with Crippen molar-refractivity contribution in [3.8, 4) is 0 Å². The maximum atomic E-state index is 11.6. The van der Waals surface area contributed by atoms with Crippen molar-refractivity contribution in [1.82, 2.24) is 10.2 Å². The topological polar surface area (TPSA) is 68.0 Å². The summed E-state index contributed by atoms with van der Waals surface area (Å²) < 4.78 is 5.56. The first-order valence-corrected chi connectivity index (χ1v) is 6.43. The van der Waals surface area contributed by atoms with E-state index in [1.807, 2.05) is 30.3 Å². The summed E-state index contributed by atoms with van der Waals surface area (Å²) in [6.45, 7) is 0. The number of hydrogen-bond acceptors (Lipinski definition) is 5. The molecule has 1 amide bonds. The minimum Gasteiger partial charge on any atom is -0.457 e. The van der Waals surface area contributed by atoms with Gasteiger partial charge in [0.15, 0.2) is 0 Å². The molecule has 1 N–H and O–H groups in total. The second-order valence-electron chi connectivity index (χ2n) is 3.75. The van der Waals surface area contributed by atoms with Gasteiger partial charge in [-0.1, -0.05) is 29.5 Å². The van der Waals surface area contributed by atoms with Gasteiger partial charge in [0.05, 0.1) is 0 Å². The Labute approximate surface area is 112 Å². The molecule has 94 valence electrons. The molecule has 0 aliphatic heterocycles. The van der Waals surface area contributed by atoms with Crippen LogP contribution < -0.4 is 5.32 Å². The minimum atomic E-state index is -0.266. The second kappa shape index (κ2) is 5.03. The number of nitrogens with zero attached hydrogens (tertiary/aromatic N) is 2. The van der Waals surface area contributed by atoms with Crippen molar-refractivity contribution in [1.29, 1.82) is 0 Å². The van der Waals surface area contributed by atoms with Gasteiger partial charge < -0.3 is 4.42 Å². The fourth-order valence-corrected chi connectivity index (χ4v) is 2.06. The van der Waals surface area contributed by atoms with Crippen molar-refractivity contribution in [2.24, 2.45) is 0 Å². The highest BCUT2D eigenvalue weighted by molar-refractivity contribution is 7.13. The summed E-state index contributed by atoms with van der Waals surface area (Å²) in [6, 6.07) is 9.56. The lowest BCUT2D eigenvalue weighted by atomic mass is 10.2.